The zero-order valence-electron chi connectivity index (χ0n) is 11.5. The van der Waals surface area contributed by atoms with Crippen LogP contribution in [0.4, 0.5) is 0 Å². The van der Waals surface area contributed by atoms with Crippen LogP contribution < -0.4 is 10.1 Å². The van der Waals surface area contributed by atoms with E-state index in [1.165, 1.54) is 0 Å². The first-order valence-electron chi connectivity index (χ1n) is 6.26. The summed E-state index contributed by atoms with van der Waals surface area (Å²) < 4.78 is 7.43. The normalized spacial score (nSPS) is 12.2. The van der Waals surface area contributed by atoms with Crippen molar-refractivity contribution in [1.82, 2.24) is 14.7 Å². The van der Waals surface area contributed by atoms with Crippen LogP contribution >= 0.6 is 11.3 Å². The molecule has 0 fully saturated rings. The quantitative estimate of drug-likeness (QED) is 0.874. The van der Waals surface area contributed by atoms with Gasteiger partial charge in [0.15, 0.2) is 4.96 Å². The lowest BCUT2D eigenvalue weighted by atomic mass is 9.90. The maximum Gasteiger partial charge on any atom is 0.237 e. The van der Waals surface area contributed by atoms with E-state index in [0.717, 1.165) is 36.0 Å². The van der Waals surface area contributed by atoms with Crippen LogP contribution in [0.15, 0.2) is 11.6 Å². The van der Waals surface area contributed by atoms with Gasteiger partial charge in [0, 0.05) is 24.7 Å². The van der Waals surface area contributed by atoms with Gasteiger partial charge in [-0.1, -0.05) is 20.8 Å². The summed E-state index contributed by atoms with van der Waals surface area (Å²) in [5.74, 6) is 0.726. The molecule has 2 aromatic rings. The molecule has 18 heavy (non-hydrogen) atoms. The van der Waals surface area contributed by atoms with Crippen molar-refractivity contribution in [2.24, 2.45) is 5.41 Å². The first-order chi connectivity index (χ1) is 8.57. The minimum atomic E-state index is 0.325. The second-order valence-corrected chi connectivity index (χ2v) is 6.12. The van der Waals surface area contributed by atoms with E-state index >= 15 is 0 Å². The average Bonchev–Trinajstić information content (AvgIpc) is 2.90. The molecule has 5 heteroatoms. The van der Waals surface area contributed by atoms with Crippen molar-refractivity contribution in [3.8, 4) is 5.88 Å². The lowest BCUT2D eigenvalue weighted by Crippen LogP contribution is -2.28. The summed E-state index contributed by atoms with van der Waals surface area (Å²) in [7, 11) is 1.67. The molecule has 100 valence electrons. The predicted octanol–water partition coefficient (Wildman–Crippen LogP) is 2.93. The summed E-state index contributed by atoms with van der Waals surface area (Å²) in [5.41, 5.74) is 1.42. The third-order valence-electron chi connectivity index (χ3n) is 3.37. The third kappa shape index (κ3) is 2.67. The molecule has 0 amide bonds. The topological polar surface area (TPSA) is 38.6 Å². The molecule has 0 saturated carbocycles. The van der Waals surface area contributed by atoms with Gasteiger partial charge in [0.2, 0.25) is 5.88 Å². The van der Waals surface area contributed by atoms with Crippen LogP contribution in [-0.4, -0.2) is 23.0 Å². The highest BCUT2D eigenvalue weighted by molar-refractivity contribution is 7.15. The van der Waals surface area contributed by atoms with Crippen LogP contribution in [0.2, 0.25) is 0 Å². The van der Waals surface area contributed by atoms with Gasteiger partial charge in [-0.05, 0) is 11.8 Å². The summed E-state index contributed by atoms with van der Waals surface area (Å²) in [4.78, 5) is 5.43. The second-order valence-electron chi connectivity index (χ2n) is 5.24. The fourth-order valence-corrected chi connectivity index (χ4v) is 2.51. The van der Waals surface area contributed by atoms with E-state index in [1.54, 1.807) is 18.4 Å². The molecular formula is C13H21N3OS. The molecule has 0 unspecified atom stereocenters. The summed E-state index contributed by atoms with van der Waals surface area (Å²) in [6, 6.07) is 0. The van der Waals surface area contributed by atoms with Crippen molar-refractivity contribution in [2.45, 2.75) is 33.7 Å². The third-order valence-corrected chi connectivity index (χ3v) is 4.13. The van der Waals surface area contributed by atoms with E-state index in [0.29, 0.717) is 5.41 Å². The van der Waals surface area contributed by atoms with Crippen molar-refractivity contribution in [3.63, 3.8) is 0 Å². The first kappa shape index (κ1) is 13.4. The van der Waals surface area contributed by atoms with E-state index in [4.69, 9.17) is 4.74 Å². The zero-order chi connectivity index (χ0) is 13.2. The van der Waals surface area contributed by atoms with Gasteiger partial charge >= 0.3 is 0 Å². The maximum absolute atomic E-state index is 5.33. The van der Waals surface area contributed by atoms with Gasteiger partial charge in [0.05, 0.1) is 7.11 Å². The Morgan fingerprint density at radius 1 is 1.50 bits per heavy atom. The molecule has 2 rings (SSSR count). The molecule has 0 aliphatic carbocycles. The summed E-state index contributed by atoms with van der Waals surface area (Å²) in [6.07, 6.45) is 3.20. The summed E-state index contributed by atoms with van der Waals surface area (Å²) in [5, 5.41) is 5.54. The highest BCUT2D eigenvalue weighted by atomic mass is 32.1. The van der Waals surface area contributed by atoms with Crippen molar-refractivity contribution in [3.05, 3.63) is 17.3 Å². The summed E-state index contributed by atoms with van der Waals surface area (Å²) >= 11 is 1.63. The number of fused-ring (bicyclic) bond motifs is 1. The highest BCUT2D eigenvalue weighted by Gasteiger charge is 2.17. The van der Waals surface area contributed by atoms with Crippen molar-refractivity contribution in [2.75, 3.05) is 13.7 Å². The largest absolute Gasteiger partial charge is 0.480 e. The van der Waals surface area contributed by atoms with Crippen LogP contribution in [0.25, 0.3) is 4.96 Å². The number of hydrogen-bond acceptors (Lipinski definition) is 4. The van der Waals surface area contributed by atoms with E-state index in [-0.39, 0.29) is 0 Å². The Bertz CT molecular complexity index is 515. The van der Waals surface area contributed by atoms with Crippen LogP contribution in [-0.2, 0) is 6.54 Å². The standard InChI is InChI=1S/C13H21N3OS/c1-5-13(2,3)9-14-8-10-11(17-4)15-12-16(10)6-7-18-12/h6-7,14H,5,8-9H2,1-4H3. The number of ether oxygens (including phenoxy) is 1. The monoisotopic (exact) mass is 267 g/mol. The predicted molar refractivity (Wildman–Crippen MR) is 75.4 cm³/mol. The molecule has 4 nitrogen and oxygen atoms in total. The number of hydrogen-bond donors (Lipinski definition) is 1. The lowest BCUT2D eigenvalue weighted by Gasteiger charge is -2.22. The Kier molecular flexibility index (Phi) is 3.92. The number of nitrogens with zero attached hydrogens (tertiary/aromatic N) is 2. The van der Waals surface area contributed by atoms with Gasteiger partial charge < -0.3 is 10.1 Å². The minimum Gasteiger partial charge on any atom is -0.480 e. The average molecular weight is 267 g/mol. The van der Waals surface area contributed by atoms with Crippen molar-refractivity contribution >= 4 is 16.3 Å². The Morgan fingerprint density at radius 3 is 2.94 bits per heavy atom. The fraction of sp³-hybridized carbons (Fsp3) is 0.615. The number of imidazole rings is 1. The van der Waals surface area contributed by atoms with Crippen LogP contribution in [0, 0.1) is 5.41 Å². The molecular weight excluding hydrogens is 246 g/mol. The van der Waals surface area contributed by atoms with Gasteiger partial charge in [-0.3, -0.25) is 4.40 Å². The fourth-order valence-electron chi connectivity index (χ4n) is 1.78. The molecule has 0 atom stereocenters. The van der Waals surface area contributed by atoms with Crippen molar-refractivity contribution < 1.29 is 4.74 Å². The van der Waals surface area contributed by atoms with Gasteiger partial charge in [-0.2, -0.15) is 4.98 Å². The van der Waals surface area contributed by atoms with E-state index in [2.05, 4.69) is 35.5 Å². The number of thiazole rings is 1. The second kappa shape index (κ2) is 5.28. The number of aromatic nitrogens is 2. The first-order valence-corrected chi connectivity index (χ1v) is 7.14. The molecule has 0 aromatic carbocycles. The van der Waals surface area contributed by atoms with Crippen molar-refractivity contribution in [1.29, 1.82) is 0 Å². The molecule has 0 spiro atoms. The smallest absolute Gasteiger partial charge is 0.237 e. The summed E-state index contributed by atoms with van der Waals surface area (Å²) in [6.45, 7) is 8.54. The highest BCUT2D eigenvalue weighted by Crippen LogP contribution is 2.23. The number of rotatable bonds is 6. The van der Waals surface area contributed by atoms with Crippen LogP contribution in [0.5, 0.6) is 5.88 Å². The number of methoxy groups -OCH3 is 1. The minimum absolute atomic E-state index is 0.325. The van der Waals surface area contributed by atoms with Gasteiger partial charge in [-0.15, -0.1) is 11.3 Å². The van der Waals surface area contributed by atoms with E-state index in [9.17, 15) is 0 Å². The molecule has 2 heterocycles. The Labute approximate surface area is 112 Å². The Balaban J connectivity index is 2.08. The molecule has 0 radical (unpaired) electrons. The Morgan fingerprint density at radius 2 is 2.28 bits per heavy atom. The lowest BCUT2D eigenvalue weighted by molar-refractivity contribution is 0.324. The van der Waals surface area contributed by atoms with Crippen LogP contribution in [0.3, 0.4) is 0 Å². The molecule has 0 bridgehead atoms. The molecule has 2 aromatic heterocycles. The van der Waals surface area contributed by atoms with E-state index < -0.39 is 0 Å². The molecule has 0 aliphatic rings. The van der Waals surface area contributed by atoms with Crippen LogP contribution in [0.1, 0.15) is 32.9 Å². The number of nitrogens with one attached hydrogen (secondary N) is 1. The molecule has 0 saturated heterocycles. The molecule has 0 aliphatic heterocycles. The van der Waals surface area contributed by atoms with Gasteiger partial charge in [-0.25, -0.2) is 0 Å². The van der Waals surface area contributed by atoms with Gasteiger partial charge in [0.1, 0.15) is 5.69 Å². The SMILES string of the molecule is CCC(C)(C)CNCc1c(OC)nc2sccn12. The van der Waals surface area contributed by atoms with E-state index in [1.807, 2.05) is 11.6 Å². The zero-order valence-corrected chi connectivity index (χ0v) is 12.3. The maximum atomic E-state index is 5.33. The molecule has 1 N–H and O–H groups in total. The van der Waals surface area contributed by atoms with Gasteiger partial charge in [0.25, 0.3) is 0 Å². The Hall–Kier alpha value is -1.07.